The number of imidazole rings is 1. The van der Waals surface area contributed by atoms with Gasteiger partial charge in [-0.1, -0.05) is 31.2 Å². The lowest BCUT2D eigenvalue weighted by atomic mass is 9.65. The zero-order valence-corrected chi connectivity index (χ0v) is 22.8. The molecular formula is C30H34FN5O4. The van der Waals surface area contributed by atoms with Crippen molar-refractivity contribution >= 4 is 17.3 Å². The molecule has 1 aliphatic carbocycles. The molecule has 10 heteroatoms. The third kappa shape index (κ3) is 5.00. The molecule has 0 spiro atoms. The Morgan fingerprint density at radius 2 is 1.88 bits per heavy atom. The highest BCUT2D eigenvalue weighted by atomic mass is 19.1. The van der Waals surface area contributed by atoms with Crippen LogP contribution in [0.25, 0.3) is 16.8 Å². The van der Waals surface area contributed by atoms with Gasteiger partial charge in [0.1, 0.15) is 40.6 Å². The maximum absolute atomic E-state index is 13.7. The normalized spacial score (nSPS) is 21.8. The number of nitrogens with zero attached hydrogens (tertiary/aromatic N) is 3. The number of aromatic nitrogens is 3. The first-order chi connectivity index (χ1) is 19.0. The third-order valence-electron chi connectivity index (χ3n) is 8.31. The van der Waals surface area contributed by atoms with Crippen molar-refractivity contribution in [3.63, 3.8) is 0 Å². The predicted molar refractivity (Wildman–Crippen MR) is 149 cm³/mol. The number of aliphatic carboxylic acids is 1. The zero-order valence-electron chi connectivity index (χ0n) is 22.8. The van der Waals surface area contributed by atoms with Gasteiger partial charge in [0.15, 0.2) is 0 Å². The fourth-order valence-electron chi connectivity index (χ4n) is 5.51. The van der Waals surface area contributed by atoms with E-state index in [0.29, 0.717) is 60.6 Å². The van der Waals surface area contributed by atoms with Crippen LogP contribution in [0.4, 0.5) is 10.2 Å². The Balaban J connectivity index is 1.40. The Labute approximate surface area is 231 Å². The van der Waals surface area contributed by atoms with Gasteiger partial charge in [-0.25, -0.2) is 14.4 Å². The number of carboxylic acid groups (broad SMARTS) is 1. The molecule has 1 fully saturated rings. The van der Waals surface area contributed by atoms with Gasteiger partial charge < -0.3 is 20.7 Å². The topological polar surface area (TPSA) is 135 Å². The van der Waals surface area contributed by atoms with Crippen molar-refractivity contribution in [2.75, 3.05) is 12.8 Å². The summed E-state index contributed by atoms with van der Waals surface area (Å²) in [7, 11) is 1.47. The van der Waals surface area contributed by atoms with Gasteiger partial charge in [-0.15, -0.1) is 0 Å². The van der Waals surface area contributed by atoms with E-state index in [-0.39, 0.29) is 5.41 Å². The maximum Gasteiger partial charge on any atom is 0.309 e. The molecule has 1 saturated carbocycles. The first kappa shape index (κ1) is 27.5. The smallest absolute Gasteiger partial charge is 0.309 e. The van der Waals surface area contributed by atoms with Crippen LogP contribution in [0, 0.1) is 11.2 Å². The number of halogens is 1. The molecule has 5 N–H and O–H groups in total. The summed E-state index contributed by atoms with van der Waals surface area (Å²) in [6, 6.07) is 11.7. The fourth-order valence-corrected chi connectivity index (χ4v) is 5.51. The molecule has 4 aromatic rings. The van der Waals surface area contributed by atoms with Gasteiger partial charge in [-0.05, 0) is 56.4 Å². The minimum Gasteiger partial charge on any atom is -0.496 e. The number of fused-ring (bicyclic) bond motifs is 1. The van der Waals surface area contributed by atoms with Crippen molar-refractivity contribution in [2.45, 2.75) is 57.7 Å². The molecule has 210 valence electrons. The molecule has 1 unspecified atom stereocenters. The van der Waals surface area contributed by atoms with Crippen molar-refractivity contribution in [1.29, 1.82) is 0 Å². The summed E-state index contributed by atoms with van der Waals surface area (Å²) in [6.07, 6.45) is 4.92. The van der Waals surface area contributed by atoms with Crippen LogP contribution in [0.15, 0.2) is 54.9 Å². The molecule has 0 amide bonds. The van der Waals surface area contributed by atoms with E-state index in [9.17, 15) is 19.4 Å². The van der Waals surface area contributed by atoms with Crippen LogP contribution >= 0.6 is 0 Å². The molecule has 1 atom stereocenters. The first-order valence-electron chi connectivity index (χ1n) is 13.3. The molecule has 0 saturated heterocycles. The molecule has 9 nitrogen and oxygen atoms in total. The standard InChI is InChI=1S/C30H34FN5O4/c1-29(10-12-30(2,13-11-29)28(38)39)27-35-23(24-25(32)33-14-15-36(24)27)19-6-4-18(5-7-19)17-34-26(37)21-16-20(31)8-9-22(21)40-3/h4-9,14-16,26,34,37H,10-13,17H2,1-3H3,(H2,32,33)(H,38,39)/t26?,29-,30-. The van der Waals surface area contributed by atoms with E-state index < -0.39 is 23.4 Å². The molecule has 2 aromatic carbocycles. The Bertz CT molecular complexity index is 1540. The summed E-state index contributed by atoms with van der Waals surface area (Å²) < 4.78 is 20.9. The van der Waals surface area contributed by atoms with E-state index >= 15 is 0 Å². The predicted octanol–water partition coefficient (Wildman–Crippen LogP) is 4.83. The second-order valence-corrected chi connectivity index (χ2v) is 11.1. The first-order valence-corrected chi connectivity index (χ1v) is 13.3. The average molecular weight is 548 g/mol. The Hall–Kier alpha value is -4.02. The number of aliphatic hydroxyl groups excluding tert-OH is 1. The number of ether oxygens (including phenoxy) is 1. The van der Waals surface area contributed by atoms with E-state index in [2.05, 4.69) is 17.2 Å². The van der Waals surface area contributed by atoms with Gasteiger partial charge >= 0.3 is 5.97 Å². The quantitative estimate of drug-likeness (QED) is 0.231. The van der Waals surface area contributed by atoms with Crippen molar-refractivity contribution in [2.24, 2.45) is 5.41 Å². The number of nitrogens with two attached hydrogens (primary N) is 1. The lowest BCUT2D eigenvalue weighted by Crippen LogP contribution is -2.39. The van der Waals surface area contributed by atoms with Crippen molar-refractivity contribution in [3.05, 3.63) is 77.6 Å². The lowest BCUT2D eigenvalue weighted by Gasteiger charge is -2.40. The van der Waals surface area contributed by atoms with Crippen LogP contribution in [0.3, 0.4) is 0 Å². The Kier molecular flexibility index (Phi) is 7.24. The number of rotatable bonds is 8. The highest BCUT2D eigenvalue weighted by molar-refractivity contribution is 5.85. The minimum atomic E-state index is -1.12. The SMILES string of the molecule is COc1ccc(F)cc1C(O)NCc1ccc(-c2nc([C@]3(C)CC[C@@](C)(C(=O)O)CC3)n3ccnc(N)c23)cc1. The number of nitrogens with one attached hydrogen (secondary N) is 1. The number of aliphatic hydroxyl groups is 1. The van der Waals surface area contributed by atoms with Crippen molar-refractivity contribution < 1.29 is 24.1 Å². The highest BCUT2D eigenvalue weighted by Crippen LogP contribution is 2.47. The molecule has 1 aliphatic rings. The van der Waals surface area contributed by atoms with E-state index in [4.69, 9.17) is 15.5 Å². The van der Waals surface area contributed by atoms with E-state index in [1.54, 1.807) is 6.20 Å². The largest absolute Gasteiger partial charge is 0.496 e. The second-order valence-electron chi connectivity index (χ2n) is 11.1. The number of benzene rings is 2. The molecule has 2 heterocycles. The number of carbonyl (C=O) groups is 1. The van der Waals surface area contributed by atoms with E-state index in [1.165, 1.54) is 25.3 Å². The second kappa shape index (κ2) is 10.5. The molecule has 0 bridgehead atoms. The highest BCUT2D eigenvalue weighted by Gasteiger charge is 2.45. The van der Waals surface area contributed by atoms with Crippen LogP contribution in [-0.4, -0.2) is 37.7 Å². The monoisotopic (exact) mass is 547 g/mol. The number of anilines is 1. The van der Waals surface area contributed by atoms with Gasteiger partial charge in [-0.2, -0.15) is 0 Å². The van der Waals surface area contributed by atoms with Crippen molar-refractivity contribution in [1.82, 2.24) is 19.7 Å². The van der Waals surface area contributed by atoms with E-state index in [0.717, 1.165) is 17.0 Å². The Morgan fingerprint density at radius 1 is 1.18 bits per heavy atom. The summed E-state index contributed by atoms with van der Waals surface area (Å²) in [5.74, 6) is 0.388. The number of methoxy groups -OCH3 is 1. The lowest BCUT2D eigenvalue weighted by molar-refractivity contribution is -0.150. The Morgan fingerprint density at radius 3 is 2.52 bits per heavy atom. The number of nitrogen functional groups attached to an aromatic ring is 1. The van der Waals surface area contributed by atoms with Gasteiger partial charge in [0.25, 0.3) is 0 Å². The van der Waals surface area contributed by atoms with Crippen LogP contribution in [0.2, 0.25) is 0 Å². The van der Waals surface area contributed by atoms with Crippen LogP contribution in [0.5, 0.6) is 5.75 Å². The van der Waals surface area contributed by atoms with Crippen LogP contribution in [-0.2, 0) is 16.8 Å². The summed E-state index contributed by atoms with van der Waals surface area (Å²) in [4.78, 5) is 21.2. The number of hydrogen-bond acceptors (Lipinski definition) is 7. The third-order valence-corrected chi connectivity index (χ3v) is 8.31. The van der Waals surface area contributed by atoms with Gasteiger partial charge in [0.2, 0.25) is 0 Å². The molecule has 0 aliphatic heterocycles. The van der Waals surface area contributed by atoms with Crippen LogP contribution in [0.1, 0.15) is 62.7 Å². The van der Waals surface area contributed by atoms with Gasteiger partial charge in [-0.3, -0.25) is 14.5 Å². The van der Waals surface area contributed by atoms with Gasteiger partial charge in [0.05, 0.1) is 12.5 Å². The zero-order chi connectivity index (χ0) is 28.7. The molecule has 2 aromatic heterocycles. The number of hydrogen-bond donors (Lipinski definition) is 4. The van der Waals surface area contributed by atoms with Gasteiger partial charge in [0, 0.05) is 35.5 Å². The maximum atomic E-state index is 13.7. The number of carboxylic acids is 1. The minimum absolute atomic E-state index is 0.318. The summed E-state index contributed by atoms with van der Waals surface area (Å²) in [5, 5.41) is 23.3. The molecule has 0 radical (unpaired) electrons. The molecule has 40 heavy (non-hydrogen) atoms. The molecular weight excluding hydrogens is 513 g/mol. The summed E-state index contributed by atoms with van der Waals surface area (Å²) >= 11 is 0. The fraction of sp³-hybridized carbons (Fsp3) is 0.367. The van der Waals surface area contributed by atoms with Crippen LogP contribution < -0.4 is 15.8 Å². The average Bonchev–Trinajstić information content (AvgIpc) is 3.35. The summed E-state index contributed by atoms with van der Waals surface area (Å²) in [5.41, 5.74) is 8.79. The van der Waals surface area contributed by atoms with Crippen molar-refractivity contribution in [3.8, 4) is 17.0 Å². The summed E-state index contributed by atoms with van der Waals surface area (Å²) in [6.45, 7) is 4.29. The van der Waals surface area contributed by atoms with E-state index in [1.807, 2.05) is 41.8 Å². The molecule has 5 rings (SSSR count).